The van der Waals surface area contributed by atoms with Gasteiger partial charge in [0.1, 0.15) is 6.54 Å². The molecule has 0 fully saturated rings. The van der Waals surface area contributed by atoms with Crippen LogP contribution in [0.4, 0.5) is 0 Å². The van der Waals surface area contributed by atoms with Gasteiger partial charge in [-0.05, 0) is 18.6 Å². The Hall–Kier alpha value is -1.66. The number of ketones is 1. The topological polar surface area (TPSA) is 81.2 Å². The minimum Gasteiger partial charge on any atom is -1.00 e. The Bertz CT molecular complexity index is 588. The van der Waals surface area contributed by atoms with E-state index in [9.17, 15) is 9.59 Å². The van der Waals surface area contributed by atoms with Gasteiger partial charge in [0.2, 0.25) is 11.7 Å². The van der Waals surface area contributed by atoms with E-state index >= 15 is 0 Å². The summed E-state index contributed by atoms with van der Waals surface area (Å²) < 4.78 is 0.598. The van der Waals surface area contributed by atoms with E-state index in [0.717, 1.165) is 18.5 Å². The summed E-state index contributed by atoms with van der Waals surface area (Å²) in [6, 6.07) is 9.78. The third-order valence-electron chi connectivity index (χ3n) is 3.46. The summed E-state index contributed by atoms with van der Waals surface area (Å²) in [5.74, 6) is -0.0120. The molecule has 148 valence electrons. The number of rotatable bonds is 9. The number of nitrogens with zero attached hydrogens (tertiary/aromatic N) is 1. The third kappa shape index (κ3) is 12.7. The number of halogens is 2. The lowest BCUT2D eigenvalue weighted by Gasteiger charge is -2.28. The lowest BCUT2D eigenvalue weighted by atomic mass is 10.2. The molecule has 7 heteroatoms. The van der Waals surface area contributed by atoms with Crippen molar-refractivity contribution >= 4 is 30.2 Å². The summed E-state index contributed by atoms with van der Waals surface area (Å²) in [7, 11) is 4.05. The predicted octanol–water partition coefficient (Wildman–Crippen LogP) is 0.0155. The summed E-state index contributed by atoms with van der Waals surface area (Å²) >= 11 is 0. The second-order valence-corrected chi connectivity index (χ2v) is 6.42. The second-order valence-electron chi connectivity index (χ2n) is 6.42. The zero-order chi connectivity index (χ0) is 17.3. The van der Waals surface area contributed by atoms with Crippen molar-refractivity contribution in [1.82, 2.24) is 11.5 Å². The number of carbonyl (C=O) groups excluding carboxylic acids is 2. The number of hydrogen-bond donors (Lipinski definition) is 2. The zero-order valence-corrected chi connectivity index (χ0v) is 17.4. The molecule has 1 rings (SSSR count). The van der Waals surface area contributed by atoms with Gasteiger partial charge in [-0.25, -0.2) is 0 Å². The van der Waals surface area contributed by atoms with Crippen molar-refractivity contribution in [3.05, 3.63) is 54.1 Å². The number of hydrogen-bond acceptors (Lipinski definition) is 3. The molecule has 0 saturated heterocycles. The highest BCUT2D eigenvalue weighted by molar-refractivity contribution is 5.94. The van der Waals surface area contributed by atoms with Crippen molar-refractivity contribution in [1.29, 1.82) is 0 Å². The molecule has 0 atom stereocenters. The number of nitrogens with one attached hydrogen (secondary N) is 1. The molecule has 0 bridgehead atoms. The Morgan fingerprint density at radius 3 is 2.31 bits per heavy atom. The van der Waals surface area contributed by atoms with Crippen LogP contribution >= 0.6 is 12.4 Å². The average molecular weight is 404 g/mol. The van der Waals surface area contributed by atoms with Crippen molar-refractivity contribution < 1.29 is 26.5 Å². The number of quaternary nitrogens is 1. The van der Waals surface area contributed by atoms with Gasteiger partial charge in [0.25, 0.3) is 0 Å². The van der Waals surface area contributed by atoms with Crippen LogP contribution in [-0.4, -0.2) is 49.9 Å². The van der Waals surface area contributed by atoms with Crippen LogP contribution in [0.2, 0.25) is 0 Å². The lowest BCUT2D eigenvalue weighted by Crippen LogP contribution is -3.00. The van der Waals surface area contributed by atoms with E-state index in [1.807, 2.05) is 50.5 Å². The maximum absolute atomic E-state index is 12.1. The number of likely N-dealkylation sites (N-methyl/N-ethyl adjacent to an activating group) is 1. The normalized spacial score (nSPS) is 10.1. The molecule has 0 aromatic heterocycles. The van der Waals surface area contributed by atoms with Gasteiger partial charge < -0.3 is 28.4 Å². The molecule has 0 heterocycles. The first-order valence-corrected chi connectivity index (χ1v) is 7.82. The lowest BCUT2D eigenvalue weighted by molar-refractivity contribution is -0.882. The minimum absolute atomic E-state index is 0. The van der Waals surface area contributed by atoms with Crippen molar-refractivity contribution in [2.24, 2.45) is 0 Å². The van der Waals surface area contributed by atoms with E-state index < -0.39 is 0 Å². The molecule has 0 aliphatic rings. The van der Waals surface area contributed by atoms with Crippen LogP contribution < -0.4 is 23.9 Å². The maximum Gasteiger partial charge on any atom is 0.246 e. The van der Waals surface area contributed by atoms with Gasteiger partial charge in [0.15, 0.2) is 0 Å². The van der Waals surface area contributed by atoms with Gasteiger partial charge in [-0.15, -0.1) is 12.4 Å². The monoisotopic (exact) mass is 403 g/mol. The van der Waals surface area contributed by atoms with E-state index in [0.29, 0.717) is 23.1 Å². The summed E-state index contributed by atoms with van der Waals surface area (Å²) in [5, 5.41) is 2.81. The number of carbonyl (C=O) groups is 2. The van der Waals surface area contributed by atoms with Crippen molar-refractivity contribution in [3.63, 3.8) is 0 Å². The highest BCUT2D eigenvalue weighted by Crippen LogP contribution is 2.04. The molecule has 0 aliphatic heterocycles. The fourth-order valence-corrected chi connectivity index (χ4v) is 2.17. The van der Waals surface area contributed by atoms with Crippen molar-refractivity contribution in [2.45, 2.75) is 13.3 Å². The first kappa shape index (κ1) is 29.1. The highest BCUT2D eigenvalue weighted by atomic mass is 35.5. The molecule has 0 unspecified atom stereocenters. The summed E-state index contributed by atoms with van der Waals surface area (Å²) in [4.78, 5) is 23.5. The first-order chi connectivity index (χ1) is 10.8. The fourth-order valence-electron chi connectivity index (χ4n) is 2.17. The summed E-state index contributed by atoms with van der Waals surface area (Å²) in [5.41, 5.74) is 1.54. The molecule has 0 spiro atoms. The van der Waals surface area contributed by atoms with Gasteiger partial charge in [-0.3, -0.25) is 9.59 Å². The molecule has 26 heavy (non-hydrogen) atoms. The summed E-state index contributed by atoms with van der Waals surface area (Å²) in [6.45, 7) is 7.15. The standard InChI is InChI=1S/C19H26N2O2.2ClH.H3N/c1-16(2)19(23)20-13-8-14-21(3,4)15-18(22)12-11-17-9-6-5-7-10-17;;;/h5-7,9-12H,1,8,13-15H2,2-4H3;2*1H;1H3. The van der Waals surface area contributed by atoms with Gasteiger partial charge in [-0.2, -0.15) is 0 Å². The van der Waals surface area contributed by atoms with Crippen molar-refractivity contribution in [3.8, 4) is 0 Å². The van der Waals surface area contributed by atoms with Crippen LogP contribution in [0.3, 0.4) is 0 Å². The largest absolute Gasteiger partial charge is 1.00 e. The zero-order valence-electron chi connectivity index (χ0n) is 15.8. The second kappa shape index (κ2) is 14.5. The Balaban J connectivity index is -0.00000176. The van der Waals surface area contributed by atoms with Crippen LogP contribution in [0.15, 0.2) is 48.6 Å². The average Bonchev–Trinajstić information content (AvgIpc) is 2.50. The van der Waals surface area contributed by atoms with Crippen LogP contribution in [0.5, 0.6) is 0 Å². The molecular weight excluding hydrogens is 373 g/mol. The Morgan fingerprint density at radius 2 is 1.77 bits per heavy atom. The van der Waals surface area contributed by atoms with E-state index in [-0.39, 0.29) is 42.7 Å². The first-order valence-electron chi connectivity index (χ1n) is 7.82. The molecule has 1 amide bonds. The van der Waals surface area contributed by atoms with E-state index in [1.54, 1.807) is 13.0 Å². The maximum atomic E-state index is 12.1. The third-order valence-corrected chi connectivity index (χ3v) is 3.46. The quantitative estimate of drug-likeness (QED) is 0.346. The van der Waals surface area contributed by atoms with E-state index in [1.165, 1.54) is 0 Å². The molecule has 0 radical (unpaired) electrons. The van der Waals surface area contributed by atoms with Gasteiger partial charge in [0.05, 0.1) is 20.6 Å². The van der Waals surface area contributed by atoms with E-state index in [2.05, 4.69) is 11.9 Å². The smallest absolute Gasteiger partial charge is 0.246 e. The van der Waals surface area contributed by atoms with Gasteiger partial charge in [0, 0.05) is 18.5 Å². The van der Waals surface area contributed by atoms with Crippen LogP contribution in [0.1, 0.15) is 18.9 Å². The molecule has 0 saturated carbocycles. The van der Waals surface area contributed by atoms with Crippen LogP contribution in [0, 0.1) is 0 Å². The molecule has 1 aromatic rings. The molecule has 0 aliphatic carbocycles. The summed E-state index contributed by atoms with van der Waals surface area (Å²) in [6.07, 6.45) is 4.30. The van der Waals surface area contributed by atoms with E-state index in [4.69, 9.17) is 0 Å². The van der Waals surface area contributed by atoms with Gasteiger partial charge >= 0.3 is 0 Å². The highest BCUT2D eigenvalue weighted by Gasteiger charge is 2.18. The molecular formula is C19H31Cl2N3O2. The van der Waals surface area contributed by atoms with Crippen molar-refractivity contribution in [2.75, 3.05) is 33.7 Å². The van der Waals surface area contributed by atoms with Crippen LogP contribution in [-0.2, 0) is 9.59 Å². The van der Waals surface area contributed by atoms with Crippen LogP contribution in [0.25, 0.3) is 6.08 Å². The predicted molar refractivity (Wildman–Crippen MR) is 107 cm³/mol. The fraction of sp³-hybridized carbons (Fsp3) is 0.368. The molecule has 5 nitrogen and oxygen atoms in total. The Morgan fingerprint density at radius 1 is 1.19 bits per heavy atom. The number of amides is 1. The SMILES string of the molecule is C=C(C)C(=O)NCCC[N+](C)(C)CC(=O)C=Cc1ccccc1.Cl.N.[Cl-]. The molecule has 4 N–H and O–H groups in total. The van der Waals surface area contributed by atoms with Gasteiger partial charge in [-0.1, -0.05) is 43.0 Å². The Kier molecular flexibility index (Phi) is 16.2. The molecule has 1 aromatic carbocycles. The minimum atomic E-state index is -0.114. The Labute approximate surface area is 169 Å². The number of benzene rings is 1.